The van der Waals surface area contributed by atoms with Crippen LogP contribution in [-0.2, 0) is 21.1 Å². The Balaban J connectivity index is 1.73. The number of hydrogen-bond donors (Lipinski definition) is 3. The topological polar surface area (TPSA) is 140 Å². The Morgan fingerprint density at radius 1 is 1.06 bits per heavy atom. The van der Waals surface area contributed by atoms with Crippen molar-refractivity contribution in [2.45, 2.75) is 40.3 Å². The number of nitrogens with zero attached hydrogens (tertiary/aromatic N) is 2. The van der Waals surface area contributed by atoms with Crippen LogP contribution in [0, 0.1) is 11.8 Å². The molecule has 10 nitrogen and oxygen atoms in total. The first-order valence-corrected chi connectivity index (χ1v) is 11.7. The maximum atomic E-state index is 12.8. The molecule has 2 aromatic carbocycles. The van der Waals surface area contributed by atoms with Crippen molar-refractivity contribution in [2.75, 3.05) is 11.9 Å². The number of carboxylic acid groups (broad SMARTS) is 1. The molecule has 2 amide bonds. The molecule has 0 bridgehead atoms. The van der Waals surface area contributed by atoms with Crippen LogP contribution >= 0.6 is 0 Å². The van der Waals surface area contributed by atoms with Gasteiger partial charge in [0.05, 0.1) is 11.0 Å². The number of anilines is 1. The molecule has 1 heterocycles. The lowest BCUT2D eigenvalue weighted by Crippen LogP contribution is -2.36. The number of fused-ring (bicyclic) bond motifs is 1. The highest BCUT2D eigenvalue weighted by molar-refractivity contribution is 6.10. The molecule has 0 spiro atoms. The van der Waals surface area contributed by atoms with Gasteiger partial charge in [0.15, 0.2) is 12.5 Å². The molecule has 1 atom stereocenters. The van der Waals surface area contributed by atoms with E-state index >= 15 is 0 Å². The van der Waals surface area contributed by atoms with Crippen LogP contribution in [0.15, 0.2) is 48.5 Å². The number of amides is 2. The van der Waals surface area contributed by atoms with E-state index in [-0.39, 0.29) is 36.8 Å². The molecule has 0 radical (unpaired) electrons. The SMILES string of the molecule is CCC(CC(C)C)C(=O)NCC(=O)OCn1c(NC(=O)O)nc2cc(C(=O)c3ccccc3)ccc21. The van der Waals surface area contributed by atoms with Crippen LogP contribution in [0.25, 0.3) is 11.0 Å². The van der Waals surface area contributed by atoms with E-state index in [1.165, 1.54) is 4.57 Å². The lowest BCUT2D eigenvalue weighted by molar-refractivity contribution is -0.147. The third kappa shape index (κ3) is 6.68. The Labute approximate surface area is 208 Å². The number of hydrogen-bond acceptors (Lipinski definition) is 6. The molecule has 0 aliphatic carbocycles. The monoisotopic (exact) mass is 494 g/mol. The number of carbonyl (C=O) groups is 4. The van der Waals surface area contributed by atoms with Crippen molar-refractivity contribution >= 4 is 40.7 Å². The van der Waals surface area contributed by atoms with Crippen LogP contribution in [0.1, 0.15) is 49.5 Å². The Bertz CT molecular complexity index is 1250. The quantitative estimate of drug-likeness (QED) is 0.270. The van der Waals surface area contributed by atoms with E-state index in [4.69, 9.17) is 4.74 Å². The zero-order chi connectivity index (χ0) is 26.2. The third-order valence-corrected chi connectivity index (χ3v) is 5.65. The summed E-state index contributed by atoms with van der Waals surface area (Å²) in [5, 5.41) is 14.0. The highest BCUT2D eigenvalue weighted by Gasteiger charge is 2.20. The molecule has 10 heteroatoms. The molecule has 0 fully saturated rings. The first-order valence-electron chi connectivity index (χ1n) is 11.7. The van der Waals surface area contributed by atoms with Crippen LogP contribution in [0.3, 0.4) is 0 Å². The number of rotatable bonds is 11. The Morgan fingerprint density at radius 2 is 1.78 bits per heavy atom. The van der Waals surface area contributed by atoms with Gasteiger partial charge in [-0.3, -0.25) is 24.3 Å². The zero-order valence-corrected chi connectivity index (χ0v) is 20.5. The second-order valence-corrected chi connectivity index (χ2v) is 8.79. The van der Waals surface area contributed by atoms with E-state index in [0.717, 1.165) is 6.42 Å². The van der Waals surface area contributed by atoms with E-state index in [1.54, 1.807) is 42.5 Å². The van der Waals surface area contributed by atoms with Crippen LogP contribution in [-0.4, -0.2) is 45.0 Å². The maximum absolute atomic E-state index is 12.8. The fourth-order valence-electron chi connectivity index (χ4n) is 3.87. The van der Waals surface area contributed by atoms with E-state index < -0.39 is 12.1 Å². The average Bonchev–Trinajstić information content (AvgIpc) is 3.19. The molecule has 36 heavy (non-hydrogen) atoms. The van der Waals surface area contributed by atoms with Crippen molar-refractivity contribution in [1.82, 2.24) is 14.9 Å². The van der Waals surface area contributed by atoms with E-state index in [1.807, 2.05) is 26.8 Å². The molecular formula is C26H30N4O6. The minimum Gasteiger partial charge on any atom is -0.465 e. The largest absolute Gasteiger partial charge is 0.465 e. The van der Waals surface area contributed by atoms with Crippen LogP contribution < -0.4 is 10.6 Å². The second-order valence-electron chi connectivity index (χ2n) is 8.79. The van der Waals surface area contributed by atoms with Gasteiger partial charge in [0.2, 0.25) is 11.9 Å². The summed E-state index contributed by atoms with van der Waals surface area (Å²) >= 11 is 0. The van der Waals surface area contributed by atoms with Crippen molar-refractivity contribution in [3.05, 3.63) is 59.7 Å². The molecule has 0 saturated carbocycles. The molecule has 3 rings (SSSR count). The summed E-state index contributed by atoms with van der Waals surface area (Å²) < 4.78 is 6.65. The Morgan fingerprint density at radius 3 is 2.42 bits per heavy atom. The molecule has 1 aromatic heterocycles. The standard InChI is InChI=1S/C26H30N4O6/c1-4-17(12-16(2)3)24(33)27-14-22(31)36-15-30-21-11-10-19(23(32)18-8-6-5-7-9-18)13-20(21)28-25(30)29-26(34)35/h5-11,13,16-17H,4,12,14-15H2,1-3H3,(H,27,33)(H,28,29)(H,34,35). The van der Waals surface area contributed by atoms with Gasteiger partial charge in [-0.2, -0.15) is 0 Å². The van der Waals surface area contributed by atoms with Crippen molar-refractivity contribution in [3.8, 4) is 0 Å². The van der Waals surface area contributed by atoms with Gasteiger partial charge in [0, 0.05) is 17.0 Å². The highest BCUT2D eigenvalue weighted by atomic mass is 16.5. The molecule has 190 valence electrons. The minimum atomic E-state index is -1.35. The fraction of sp³-hybridized carbons (Fsp3) is 0.346. The van der Waals surface area contributed by atoms with Crippen molar-refractivity contribution < 1.29 is 29.0 Å². The summed E-state index contributed by atoms with van der Waals surface area (Å²) in [6.45, 7) is 5.34. The summed E-state index contributed by atoms with van der Waals surface area (Å²) in [7, 11) is 0. The predicted molar refractivity (Wildman–Crippen MR) is 134 cm³/mol. The van der Waals surface area contributed by atoms with Gasteiger partial charge in [-0.25, -0.2) is 9.78 Å². The van der Waals surface area contributed by atoms with Gasteiger partial charge in [-0.05, 0) is 37.0 Å². The number of aromatic nitrogens is 2. The number of ether oxygens (including phenoxy) is 1. The number of ketones is 1. The lowest BCUT2D eigenvalue weighted by atomic mass is 9.94. The predicted octanol–water partition coefficient (Wildman–Crippen LogP) is 4.05. The summed E-state index contributed by atoms with van der Waals surface area (Å²) in [4.78, 5) is 53.0. The fourth-order valence-corrected chi connectivity index (χ4v) is 3.87. The van der Waals surface area contributed by atoms with Crippen molar-refractivity contribution in [1.29, 1.82) is 0 Å². The molecule has 0 aliphatic rings. The third-order valence-electron chi connectivity index (χ3n) is 5.65. The van der Waals surface area contributed by atoms with E-state index in [0.29, 0.717) is 34.5 Å². The van der Waals surface area contributed by atoms with Gasteiger partial charge < -0.3 is 15.2 Å². The van der Waals surface area contributed by atoms with Gasteiger partial charge in [0.25, 0.3) is 0 Å². The summed E-state index contributed by atoms with van der Waals surface area (Å²) in [5.41, 5.74) is 1.70. The summed E-state index contributed by atoms with van der Waals surface area (Å²) in [6.07, 6.45) is 0.0395. The average molecular weight is 495 g/mol. The number of carbonyl (C=O) groups excluding carboxylic acids is 3. The molecule has 3 N–H and O–H groups in total. The molecule has 0 aliphatic heterocycles. The maximum Gasteiger partial charge on any atom is 0.411 e. The Kier molecular flexibility index (Phi) is 8.77. The first-order chi connectivity index (χ1) is 17.2. The number of esters is 1. The normalized spacial score (nSPS) is 11.8. The van der Waals surface area contributed by atoms with Crippen LogP contribution in [0.5, 0.6) is 0 Å². The second kappa shape index (κ2) is 12.0. The molecule has 3 aromatic rings. The molecular weight excluding hydrogens is 464 g/mol. The van der Waals surface area contributed by atoms with Gasteiger partial charge in [0.1, 0.15) is 6.54 Å². The van der Waals surface area contributed by atoms with Crippen molar-refractivity contribution in [2.24, 2.45) is 11.8 Å². The lowest BCUT2D eigenvalue weighted by Gasteiger charge is -2.16. The van der Waals surface area contributed by atoms with Gasteiger partial charge in [-0.1, -0.05) is 51.1 Å². The number of nitrogens with one attached hydrogen (secondary N) is 2. The Hall–Kier alpha value is -4.21. The highest BCUT2D eigenvalue weighted by Crippen LogP contribution is 2.23. The van der Waals surface area contributed by atoms with Crippen molar-refractivity contribution in [3.63, 3.8) is 0 Å². The zero-order valence-electron chi connectivity index (χ0n) is 20.5. The van der Waals surface area contributed by atoms with Gasteiger partial charge in [-0.15, -0.1) is 0 Å². The molecule has 0 saturated heterocycles. The van der Waals surface area contributed by atoms with Gasteiger partial charge >= 0.3 is 12.1 Å². The van der Waals surface area contributed by atoms with Crippen LogP contribution in [0.4, 0.5) is 10.7 Å². The summed E-state index contributed by atoms with van der Waals surface area (Å²) in [5.74, 6) is -0.992. The summed E-state index contributed by atoms with van der Waals surface area (Å²) in [6, 6.07) is 13.5. The first kappa shape index (κ1) is 26.4. The van der Waals surface area contributed by atoms with E-state index in [9.17, 15) is 24.3 Å². The number of benzene rings is 2. The minimum absolute atomic E-state index is 0.0679. The smallest absolute Gasteiger partial charge is 0.411 e. The van der Waals surface area contributed by atoms with E-state index in [2.05, 4.69) is 15.6 Å². The molecule has 1 unspecified atom stereocenters. The number of imidazole rings is 1. The van der Waals surface area contributed by atoms with Crippen LogP contribution in [0.2, 0.25) is 0 Å².